The van der Waals surface area contributed by atoms with E-state index in [1.165, 1.54) is 22.7 Å². The molecular formula is C22H21F3N6O2. The first kappa shape index (κ1) is 22.3. The van der Waals surface area contributed by atoms with Gasteiger partial charge in [-0.3, -0.25) is 4.79 Å². The molecule has 0 aliphatic heterocycles. The molecule has 8 nitrogen and oxygen atoms in total. The minimum atomic E-state index is -4.82. The summed E-state index contributed by atoms with van der Waals surface area (Å²) in [5, 5.41) is 8.20. The van der Waals surface area contributed by atoms with Crippen molar-refractivity contribution >= 4 is 28.4 Å². The van der Waals surface area contributed by atoms with Crippen molar-refractivity contribution in [1.82, 2.24) is 19.6 Å². The highest BCUT2D eigenvalue weighted by Crippen LogP contribution is 2.29. The van der Waals surface area contributed by atoms with Gasteiger partial charge >= 0.3 is 6.36 Å². The van der Waals surface area contributed by atoms with Crippen LogP contribution in [-0.2, 0) is 4.79 Å². The molecule has 0 saturated heterocycles. The number of nitrogens with one attached hydrogen (secondary N) is 1. The molecule has 33 heavy (non-hydrogen) atoms. The Balaban J connectivity index is 1.82. The number of para-hydroxylation sites is 1. The van der Waals surface area contributed by atoms with E-state index in [0.29, 0.717) is 28.5 Å². The van der Waals surface area contributed by atoms with E-state index in [1.807, 2.05) is 25.1 Å². The number of carbonyl (C=O) groups excluding carboxylic acids is 1. The van der Waals surface area contributed by atoms with Gasteiger partial charge in [0, 0.05) is 10.9 Å². The Labute approximate surface area is 186 Å². The van der Waals surface area contributed by atoms with Crippen LogP contribution in [0.1, 0.15) is 26.2 Å². The highest BCUT2D eigenvalue weighted by atomic mass is 19.4. The van der Waals surface area contributed by atoms with Crippen LogP contribution in [0.15, 0.2) is 48.5 Å². The molecule has 11 heteroatoms. The molecular weight excluding hydrogens is 437 g/mol. The number of primary amides is 1. The number of hydrogen-bond acceptors (Lipinski definition) is 6. The molecule has 2 aromatic heterocycles. The molecule has 0 aliphatic carbocycles. The zero-order valence-electron chi connectivity index (χ0n) is 17.6. The van der Waals surface area contributed by atoms with Crippen LogP contribution in [0.4, 0.5) is 19.1 Å². The van der Waals surface area contributed by atoms with Crippen LogP contribution in [0, 0.1) is 0 Å². The third kappa shape index (κ3) is 4.97. The predicted molar refractivity (Wildman–Crippen MR) is 117 cm³/mol. The van der Waals surface area contributed by atoms with Gasteiger partial charge in [-0.25, -0.2) is 9.97 Å². The van der Waals surface area contributed by atoms with Crippen molar-refractivity contribution in [2.75, 3.05) is 5.32 Å². The average Bonchev–Trinajstić information content (AvgIpc) is 3.21. The van der Waals surface area contributed by atoms with E-state index in [4.69, 9.17) is 5.73 Å². The van der Waals surface area contributed by atoms with Crippen LogP contribution in [0.2, 0.25) is 0 Å². The van der Waals surface area contributed by atoms with E-state index in [1.54, 1.807) is 12.1 Å². The van der Waals surface area contributed by atoms with Gasteiger partial charge < -0.3 is 15.8 Å². The second-order valence-electron chi connectivity index (χ2n) is 7.44. The molecule has 4 rings (SSSR count). The largest absolute Gasteiger partial charge is 0.573 e. The van der Waals surface area contributed by atoms with Crippen molar-refractivity contribution in [2.45, 2.75) is 38.6 Å². The lowest BCUT2D eigenvalue weighted by molar-refractivity contribution is -0.274. The van der Waals surface area contributed by atoms with E-state index in [-0.39, 0.29) is 17.5 Å². The highest BCUT2D eigenvalue weighted by molar-refractivity contribution is 5.93. The molecule has 2 aromatic carbocycles. The van der Waals surface area contributed by atoms with Crippen LogP contribution in [-0.4, -0.2) is 37.9 Å². The van der Waals surface area contributed by atoms with Gasteiger partial charge in [0.1, 0.15) is 11.8 Å². The molecule has 2 heterocycles. The Morgan fingerprint density at radius 3 is 2.70 bits per heavy atom. The van der Waals surface area contributed by atoms with E-state index in [2.05, 4.69) is 25.1 Å². The fourth-order valence-electron chi connectivity index (χ4n) is 3.45. The standard InChI is InChI=1S/C22H21F3N6O2/c1-2-3-10-17(18(26)32)28-21-27-16-11-5-4-9-15(16)20-29-19(30-31(20)21)13-7-6-8-14(12-13)33-22(23,24)25/h4-9,11-12,17H,2-3,10H2,1H3,(H2,26,32)(H,27,28). The zero-order valence-corrected chi connectivity index (χ0v) is 17.6. The van der Waals surface area contributed by atoms with Gasteiger partial charge in [0.2, 0.25) is 11.9 Å². The Hall–Kier alpha value is -3.89. The van der Waals surface area contributed by atoms with Crippen LogP contribution >= 0.6 is 0 Å². The summed E-state index contributed by atoms with van der Waals surface area (Å²) in [6.45, 7) is 2.00. The second-order valence-corrected chi connectivity index (χ2v) is 7.44. The van der Waals surface area contributed by atoms with Crippen molar-refractivity contribution < 1.29 is 22.7 Å². The van der Waals surface area contributed by atoms with Crippen molar-refractivity contribution in [2.24, 2.45) is 5.73 Å². The number of anilines is 1. The maximum Gasteiger partial charge on any atom is 0.573 e. The van der Waals surface area contributed by atoms with E-state index < -0.39 is 18.3 Å². The average molecular weight is 458 g/mol. The number of amides is 1. The number of alkyl halides is 3. The lowest BCUT2D eigenvalue weighted by Gasteiger charge is -2.16. The van der Waals surface area contributed by atoms with Crippen molar-refractivity contribution in [3.8, 4) is 17.1 Å². The summed E-state index contributed by atoms with van der Waals surface area (Å²) in [5.74, 6) is -0.476. The lowest BCUT2D eigenvalue weighted by Crippen LogP contribution is -2.36. The first-order valence-electron chi connectivity index (χ1n) is 10.3. The van der Waals surface area contributed by atoms with Gasteiger partial charge in [0.15, 0.2) is 11.5 Å². The molecule has 0 fully saturated rings. The normalized spacial score (nSPS) is 12.7. The number of aromatic nitrogens is 4. The fraction of sp³-hybridized carbons (Fsp3) is 0.273. The quantitative estimate of drug-likeness (QED) is 0.408. The molecule has 1 unspecified atom stereocenters. The van der Waals surface area contributed by atoms with Gasteiger partial charge in [-0.2, -0.15) is 4.52 Å². The van der Waals surface area contributed by atoms with Gasteiger partial charge in [0.25, 0.3) is 0 Å². The first-order valence-corrected chi connectivity index (χ1v) is 10.3. The number of fused-ring (bicyclic) bond motifs is 3. The maximum absolute atomic E-state index is 12.6. The molecule has 172 valence electrons. The summed E-state index contributed by atoms with van der Waals surface area (Å²) >= 11 is 0. The van der Waals surface area contributed by atoms with Crippen LogP contribution in [0.25, 0.3) is 27.9 Å². The first-order chi connectivity index (χ1) is 15.7. The molecule has 1 atom stereocenters. The number of halogens is 3. The smallest absolute Gasteiger partial charge is 0.406 e. The molecule has 1 amide bonds. The Bertz CT molecular complexity index is 1300. The van der Waals surface area contributed by atoms with Crippen LogP contribution in [0.5, 0.6) is 5.75 Å². The Morgan fingerprint density at radius 1 is 1.18 bits per heavy atom. The van der Waals surface area contributed by atoms with Gasteiger partial charge in [-0.1, -0.05) is 44.0 Å². The minimum Gasteiger partial charge on any atom is -0.406 e. The molecule has 0 bridgehead atoms. The summed E-state index contributed by atoms with van der Waals surface area (Å²) in [4.78, 5) is 21.1. The number of nitrogens with zero attached hydrogens (tertiary/aromatic N) is 4. The van der Waals surface area contributed by atoms with Crippen molar-refractivity contribution in [1.29, 1.82) is 0 Å². The third-order valence-electron chi connectivity index (χ3n) is 5.00. The lowest BCUT2D eigenvalue weighted by atomic mass is 10.1. The van der Waals surface area contributed by atoms with Gasteiger partial charge in [0.05, 0.1) is 5.52 Å². The topological polar surface area (TPSA) is 107 Å². The van der Waals surface area contributed by atoms with Crippen LogP contribution in [0.3, 0.4) is 0 Å². The minimum absolute atomic E-state index is 0.174. The molecule has 0 saturated carbocycles. The van der Waals surface area contributed by atoms with E-state index in [9.17, 15) is 18.0 Å². The predicted octanol–water partition coefficient (Wildman–Crippen LogP) is 4.30. The van der Waals surface area contributed by atoms with Crippen molar-refractivity contribution in [3.05, 3.63) is 48.5 Å². The SMILES string of the molecule is CCCCC(Nc1nc2ccccc2c2nc(-c3cccc(OC(F)(F)F)c3)nn12)C(N)=O. The zero-order chi connectivity index (χ0) is 23.6. The van der Waals surface area contributed by atoms with Crippen LogP contribution < -0.4 is 15.8 Å². The fourth-order valence-corrected chi connectivity index (χ4v) is 3.45. The number of rotatable bonds is 8. The maximum atomic E-state index is 12.6. The summed E-state index contributed by atoms with van der Waals surface area (Å²) < 4.78 is 43.3. The summed E-state index contributed by atoms with van der Waals surface area (Å²) in [6, 6.07) is 12.0. The van der Waals surface area contributed by atoms with E-state index >= 15 is 0 Å². The second kappa shape index (κ2) is 8.93. The Morgan fingerprint density at radius 2 is 1.97 bits per heavy atom. The summed E-state index contributed by atoms with van der Waals surface area (Å²) in [5.41, 5.74) is 6.93. The third-order valence-corrected chi connectivity index (χ3v) is 5.00. The summed E-state index contributed by atoms with van der Waals surface area (Å²) in [7, 11) is 0. The molecule has 3 N–H and O–H groups in total. The number of unbranched alkanes of at least 4 members (excludes halogenated alkanes) is 1. The monoisotopic (exact) mass is 458 g/mol. The van der Waals surface area contributed by atoms with Crippen molar-refractivity contribution in [3.63, 3.8) is 0 Å². The number of nitrogens with two attached hydrogens (primary N) is 1. The van der Waals surface area contributed by atoms with Gasteiger partial charge in [-0.05, 0) is 30.7 Å². The molecule has 0 aliphatic rings. The highest BCUT2D eigenvalue weighted by Gasteiger charge is 2.31. The molecule has 0 radical (unpaired) electrons. The number of carbonyl (C=O) groups is 1. The molecule has 4 aromatic rings. The Kier molecular flexibility index (Phi) is 6.03. The number of benzene rings is 2. The number of hydrogen-bond donors (Lipinski definition) is 2. The van der Waals surface area contributed by atoms with E-state index in [0.717, 1.165) is 12.8 Å². The molecule has 0 spiro atoms. The summed E-state index contributed by atoms with van der Waals surface area (Å²) in [6.07, 6.45) is -2.63. The number of ether oxygens (including phenoxy) is 1. The van der Waals surface area contributed by atoms with Gasteiger partial charge in [-0.15, -0.1) is 18.3 Å².